The highest BCUT2D eigenvalue weighted by molar-refractivity contribution is 5.58. The maximum atomic E-state index is 9.55. The minimum atomic E-state index is -0.991. The van der Waals surface area contributed by atoms with E-state index in [1.54, 1.807) is 6.08 Å². The first-order valence-corrected chi connectivity index (χ1v) is 4.13. The van der Waals surface area contributed by atoms with Crippen molar-refractivity contribution in [2.45, 2.75) is 33.3 Å². The summed E-state index contributed by atoms with van der Waals surface area (Å²) in [5.41, 5.74) is -0.223. The van der Waals surface area contributed by atoms with Crippen LogP contribution in [0.15, 0.2) is 12.3 Å². The monoisotopic (exact) mass is 222 g/mol. The molecule has 7 nitrogen and oxygen atoms in total. The first-order chi connectivity index (χ1) is 6.95. The van der Waals surface area contributed by atoms with Gasteiger partial charge in [-0.1, -0.05) is 0 Å². The molecule has 0 aromatic carbocycles. The number of carbonyl (C=O) groups is 1. The van der Waals surface area contributed by atoms with Crippen LogP contribution in [0.3, 0.4) is 0 Å². The van der Waals surface area contributed by atoms with Gasteiger partial charge in [0.05, 0.1) is 0 Å². The van der Waals surface area contributed by atoms with Crippen molar-refractivity contribution in [3.8, 4) is 0 Å². The molecule has 0 unspecified atom stereocenters. The average Bonchev–Trinajstić information content (AvgIpc) is 2.55. The van der Waals surface area contributed by atoms with Gasteiger partial charge in [-0.2, -0.15) is 9.68 Å². The molecule has 0 spiro atoms. The quantitative estimate of drug-likeness (QED) is 0.402. The van der Waals surface area contributed by atoms with E-state index in [1.807, 2.05) is 27.7 Å². The van der Waals surface area contributed by atoms with Crippen molar-refractivity contribution in [1.82, 2.24) is 0 Å². The largest absolute Gasteiger partial charge is 0.577 e. The van der Waals surface area contributed by atoms with Gasteiger partial charge in [-0.15, -0.1) is 0 Å². The SMILES string of the molecule is CC=COOC(C)(C)C.O=C1OOOO1. The Morgan fingerprint density at radius 2 is 1.73 bits per heavy atom. The van der Waals surface area contributed by atoms with Gasteiger partial charge in [-0.25, -0.2) is 9.78 Å². The van der Waals surface area contributed by atoms with Crippen LogP contribution in [0, 0.1) is 0 Å². The zero-order valence-electron chi connectivity index (χ0n) is 9.01. The molecule has 7 heteroatoms. The Hall–Kier alpha value is -1.31. The van der Waals surface area contributed by atoms with E-state index in [4.69, 9.17) is 4.89 Å². The van der Waals surface area contributed by atoms with Gasteiger partial charge in [-0.05, 0) is 33.8 Å². The molecular weight excluding hydrogens is 208 g/mol. The molecule has 0 atom stereocenters. The zero-order valence-corrected chi connectivity index (χ0v) is 9.01. The number of hydrogen-bond acceptors (Lipinski definition) is 7. The van der Waals surface area contributed by atoms with E-state index in [2.05, 4.69) is 24.7 Å². The molecule has 1 fully saturated rings. The van der Waals surface area contributed by atoms with Gasteiger partial charge >= 0.3 is 6.16 Å². The van der Waals surface area contributed by atoms with Gasteiger partial charge in [-0.3, -0.25) is 0 Å². The van der Waals surface area contributed by atoms with Gasteiger partial charge in [0, 0.05) is 10.1 Å². The minimum absolute atomic E-state index is 0.223. The van der Waals surface area contributed by atoms with Gasteiger partial charge in [0.2, 0.25) is 0 Å². The maximum Gasteiger partial charge on any atom is 0.577 e. The second kappa shape index (κ2) is 7.04. The summed E-state index contributed by atoms with van der Waals surface area (Å²) in [6, 6.07) is 0. The lowest BCUT2D eigenvalue weighted by atomic mass is 10.2. The fraction of sp³-hybridized carbons (Fsp3) is 0.625. The molecule has 15 heavy (non-hydrogen) atoms. The van der Waals surface area contributed by atoms with Gasteiger partial charge in [0.25, 0.3) is 0 Å². The molecule has 1 aliphatic rings. The van der Waals surface area contributed by atoms with Crippen molar-refractivity contribution < 1.29 is 34.4 Å². The highest BCUT2D eigenvalue weighted by Crippen LogP contribution is 2.06. The maximum absolute atomic E-state index is 9.55. The summed E-state index contributed by atoms with van der Waals surface area (Å²) in [4.78, 5) is 26.2. The average molecular weight is 222 g/mol. The van der Waals surface area contributed by atoms with Crippen molar-refractivity contribution in [3.05, 3.63) is 12.3 Å². The number of allylic oxidation sites excluding steroid dienone is 1. The summed E-state index contributed by atoms with van der Waals surface area (Å²) in [5, 5.41) is 6.97. The molecular formula is C8H14O7. The molecule has 0 saturated carbocycles. The van der Waals surface area contributed by atoms with Crippen LogP contribution < -0.4 is 0 Å². The standard InChI is InChI=1S/C7H14O2.CO5/c1-5-6-8-9-7(2,3)4;2-1-3-5-6-4-1/h5-6H,1-4H3;. The van der Waals surface area contributed by atoms with Gasteiger partial charge in [0.15, 0.2) is 0 Å². The second-order valence-electron chi connectivity index (χ2n) is 3.31. The lowest BCUT2D eigenvalue weighted by molar-refractivity contribution is -0.532. The number of hydrogen-bond donors (Lipinski definition) is 0. The van der Waals surface area contributed by atoms with Crippen molar-refractivity contribution in [3.63, 3.8) is 0 Å². The molecule has 0 radical (unpaired) electrons. The summed E-state index contributed by atoms with van der Waals surface area (Å²) >= 11 is 0. The van der Waals surface area contributed by atoms with Crippen molar-refractivity contribution >= 4 is 6.16 Å². The smallest absolute Gasteiger partial charge is 0.345 e. The fourth-order valence-electron chi connectivity index (χ4n) is 0.325. The first-order valence-electron chi connectivity index (χ1n) is 4.13. The molecule has 1 rings (SSSR count). The van der Waals surface area contributed by atoms with Crippen molar-refractivity contribution in [2.24, 2.45) is 0 Å². The third-order valence-electron chi connectivity index (χ3n) is 0.722. The molecule has 1 heterocycles. The molecule has 0 aromatic heterocycles. The lowest BCUT2D eigenvalue weighted by Gasteiger charge is -2.15. The van der Waals surface area contributed by atoms with Gasteiger partial charge in [0.1, 0.15) is 11.9 Å². The Bertz CT molecular complexity index is 198. The van der Waals surface area contributed by atoms with E-state index >= 15 is 0 Å². The minimum Gasteiger partial charge on any atom is -0.345 e. The lowest BCUT2D eigenvalue weighted by Crippen LogP contribution is -2.17. The van der Waals surface area contributed by atoms with Crippen LogP contribution in [0.2, 0.25) is 0 Å². The Morgan fingerprint density at radius 3 is 2.00 bits per heavy atom. The topological polar surface area (TPSA) is 72.5 Å². The first kappa shape index (κ1) is 13.7. The molecule has 1 saturated heterocycles. The van der Waals surface area contributed by atoms with Crippen LogP contribution >= 0.6 is 0 Å². The van der Waals surface area contributed by atoms with Gasteiger partial charge < -0.3 is 4.89 Å². The fourth-order valence-corrected chi connectivity index (χ4v) is 0.325. The Balaban J connectivity index is 0.000000280. The van der Waals surface area contributed by atoms with E-state index in [0.717, 1.165) is 0 Å². The van der Waals surface area contributed by atoms with Crippen LogP contribution in [-0.4, -0.2) is 11.8 Å². The van der Waals surface area contributed by atoms with E-state index in [1.165, 1.54) is 6.26 Å². The van der Waals surface area contributed by atoms with Crippen molar-refractivity contribution in [2.75, 3.05) is 0 Å². The normalized spacial score (nSPS) is 15.3. The predicted octanol–water partition coefficient (Wildman–Crippen LogP) is 2.20. The molecule has 0 N–H and O–H groups in total. The molecule has 88 valence electrons. The van der Waals surface area contributed by atoms with E-state index in [9.17, 15) is 4.79 Å². The summed E-state index contributed by atoms with van der Waals surface area (Å²) in [6.07, 6.45) is 2.28. The van der Waals surface area contributed by atoms with Crippen molar-refractivity contribution in [1.29, 1.82) is 0 Å². The highest BCUT2D eigenvalue weighted by atomic mass is 17.7. The summed E-state index contributed by atoms with van der Waals surface area (Å²) in [6.45, 7) is 7.65. The van der Waals surface area contributed by atoms with E-state index in [0.29, 0.717) is 0 Å². The van der Waals surface area contributed by atoms with Crippen LogP contribution in [-0.2, 0) is 29.6 Å². The van der Waals surface area contributed by atoms with Crippen LogP contribution in [0.25, 0.3) is 0 Å². The molecule has 0 aromatic rings. The third kappa shape index (κ3) is 10.6. The molecule has 0 aliphatic carbocycles. The molecule has 0 bridgehead atoms. The Labute approximate surface area is 87.2 Å². The molecule has 0 amide bonds. The second-order valence-corrected chi connectivity index (χ2v) is 3.31. The van der Waals surface area contributed by atoms with Crippen LogP contribution in [0.1, 0.15) is 27.7 Å². The number of carbonyl (C=O) groups excluding carboxylic acids is 1. The zero-order chi connectivity index (χ0) is 11.7. The van der Waals surface area contributed by atoms with Crippen LogP contribution in [0.4, 0.5) is 4.79 Å². The van der Waals surface area contributed by atoms with E-state index in [-0.39, 0.29) is 5.60 Å². The predicted molar refractivity (Wildman–Crippen MR) is 46.5 cm³/mol. The molecule has 1 aliphatic heterocycles. The third-order valence-corrected chi connectivity index (χ3v) is 0.722. The highest BCUT2D eigenvalue weighted by Gasteiger charge is 2.15. The number of rotatable bonds is 2. The van der Waals surface area contributed by atoms with Crippen LogP contribution in [0.5, 0.6) is 0 Å². The Kier molecular flexibility index (Phi) is 6.43. The summed E-state index contributed by atoms with van der Waals surface area (Å²) in [7, 11) is 0. The van der Waals surface area contributed by atoms with E-state index < -0.39 is 6.16 Å². The summed E-state index contributed by atoms with van der Waals surface area (Å²) in [5.74, 6) is 0. The Morgan fingerprint density at radius 1 is 1.20 bits per heavy atom. The summed E-state index contributed by atoms with van der Waals surface area (Å²) < 4.78 is 0.